The van der Waals surface area contributed by atoms with Gasteiger partial charge in [-0.1, -0.05) is 57.4 Å². The molecule has 2 nitrogen and oxygen atoms in total. The summed E-state index contributed by atoms with van der Waals surface area (Å²) < 4.78 is 0. The highest BCUT2D eigenvalue weighted by Crippen LogP contribution is 2.48. The van der Waals surface area contributed by atoms with E-state index in [0.29, 0.717) is 11.5 Å². The van der Waals surface area contributed by atoms with E-state index in [4.69, 9.17) is 0 Å². The molecule has 0 saturated heterocycles. The molecule has 2 heteroatoms. The Labute approximate surface area is 156 Å². The van der Waals surface area contributed by atoms with Crippen molar-refractivity contribution in [3.8, 4) is 11.5 Å². The van der Waals surface area contributed by atoms with Gasteiger partial charge in [-0.05, 0) is 60.8 Å². The summed E-state index contributed by atoms with van der Waals surface area (Å²) in [5, 5.41) is 21.8. The lowest BCUT2D eigenvalue weighted by atomic mass is 9.66. The number of phenolic OH excluding ortho intramolecular Hbond substituents is 2. The number of phenols is 2. The first-order valence-corrected chi connectivity index (χ1v) is 10.1. The lowest BCUT2D eigenvalue weighted by Crippen LogP contribution is -2.31. The summed E-state index contributed by atoms with van der Waals surface area (Å²) in [6.45, 7) is 4.46. The average Bonchev–Trinajstić information content (AvgIpc) is 2.63. The zero-order valence-electron chi connectivity index (χ0n) is 16.0. The van der Waals surface area contributed by atoms with Crippen molar-refractivity contribution in [2.45, 2.75) is 76.0 Å². The van der Waals surface area contributed by atoms with Gasteiger partial charge in [0.2, 0.25) is 0 Å². The maximum absolute atomic E-state index is 10.9. The number of fused-ring (bicyclic) bond motifs is 1. The maximum Gasteiger partial charge on any atom is 0.119 e. The molecule has 0 radical (unpaired) electrons. The number of aromatic hydroxyl groups is 2. The van der Waals surface area contributed by atoms with Crippen LogP contribution in [-0.4, -0.2) is 10.2 Å². The van der Waals surface area contributed by atoms with Gasteiger partial charge in [-0.2, -0.15) is 0 Å². The second-order valence-electron chi connectivity index (χ2n) is 9.01. The van der Waals surface area contributed by atoms with Crippen LogP contribution in [0.3, 0.4) is 0 Å². The molecule has 0 bridgehead atoms. The largest absolute Gasteiger partial charge is 0.508 e. The van der Waals surface area contributed by atoms with Crippen molar-refractivity contribution in [1.82, 2.24) is 0 Å². The highest BCUT2D eigenvalue weighted by molar-refractivity contribution is 5.52. The van der Waals surface area contributed by atoms with Crippen molar-refractivity contribution < 1.29 is 10.2 Å². The Morgan fingerprint density at radius 2 is 1.31 bits per heavy atom. The fourth-order valence-corrected chi connectivity index (χ4v) is 5.27. The van der Waals surface area contributed by atoms with E-state index >= 15 is 0 Å². The van der Waals surface area contributed by atoms with Crippen molar-refractivity contribution in [3.63, 3.8) is 0 Å². The van der Waals surface area contributed by atoms with Crippen molar-refractivity contribution in [2.75, 3.05) is 0 Å². The first-order chi connectivity index (χ1) is 12.4. The third-order valence-corrected chi connectivity index (χ3v) is 7.02. The Kier molecular flexibility index (Phi) is 4.25. The van der Waals surface area contributed by atoms with Crippen LogP contribution < -0.4 is 0 Å². The predicted octanol–water partition coefficient (Wildman–Crippen LogP) is 5.77. The van der Waals surface area contributed by atoms with Gasteiger partial charge >= 0.3 is 0 Å². The van der Waals surface area contributed by atoms with E-state index in [1.54, 1.807) is 0 Å². The topological polar surface area (TPSA) is 40.5 Å². The van der Waals surface area contributed by atoms with Crippen LogP contribution in [0.4, 0.5) is 0 Å². The molecule has 1 saturated carbocycles. The number of hydrogen-bond donors (Lipinski definition) is 2. The smallest absolute Gasteiger partial charge is 0.119 e. The monoisotopic (exact) mass is 350 g/mol. The van der Waals surface area contributed by atoms with E-state index in [9.17, 15) is 10.2 Å². The number of rotatable bonds is 2. The van der Waals surface area contributed by atoms with E-state index in [-0.39, 0.29) is 10.8 Å². The van der Waals surface area contributed by atoms with Gasteiger partial charge in [0, 0.05) is 16.5 Å². The third-order valence-electron chi connectivity index (χ3n) is 7.02. The molecule has 1 fully saturated rings. The van der Waals surface area contributed by atoms with E-state index in [0.717, 1.165) is 43.2 Å². The van der Waals surface area contributed by atoms with Crippen molar-refractivity contribution in [1.29, 1.82) is 0 Å². The molecular weight excluding hydrogens is 320 g/mol. The summed E-state index contributed by atoms with van der Waals surface area (Å²) in [5.74, 6) is 0.716. The second-order valence-corrected chi connectivity index (χ2v) is 9.01. The molecule has 2 aromatic carbocycles. The molecule has 1 atom stereocenters. The first kappa shape index (κ1) is 17.5. The van der Waals surface area contributed by atoms with Gasteiger partial charge < -0.3 is 10.2 Å². The summed E-state index contributed by atoms with van der Waals surface area (Å²) in [6.07, 6.45) is 8.78. The molecule has 138 valence electrons. The van der Waals surface area contributed by atoms with E-state index in [1.165, 1.54) is 30.4 Å². The summed E-state index contributed by atoms with van der Waals surface area (Å²) >= 11 is 0. The van der Waals surface area contributed by atoms with Gasteiger partial charge in [0.25, 0.3) is 0 Å². The average molecular weight is 351 g/mol. The van der Waals surface area contributed by atoms with Gasteiger partial charge in [-0.3, -0.25) is 0 Å². The Morgan fingerprint density at radius 3 is 1.96 bits per heavy atom. The molecule has 2 aliphatic rings. The first-order valence-electron chi connectivity index (χ1n) is 10.1. The molecule has 2 aliphatic carbocycles. The predicted molar refractivity (Wildman–Crippen MR) is 106 cm³/mol. The van der Waals surface area contributed by atoms with Crippen LogP contribution in [-0.2, 0) is 23.7 Å². The van der Waals surface area contributed by atoms with Crippen molar-refractivity contribution in [2.24, 2.45) is 0 Å². The SMILES string of the molecule is CC1(c2cc(O)c(C3(C)CCc4ccccc4C3)cc2O)CCCCC1. The summed E-state index contributed by atoms with van der Waals surface area (Å²) in [4.78, 5) is 0. The maximum atomic E-state index is 10.9. The Balaban J connectivity index is 1.71. The number of hydrogen-bond acceptors (Lipinski definition) is 2. The van der Waals surface area contributed by atoms with Gasteiger partial charge in [0.15, 0.2) is 0 Å². The molecule has 0 aliphatic heterocycles. The van der Waals surface area contributed by atoms with Crippen LogP contribution in [0.15, 0.2) is 36.4 Å². The highest BCUT2D eigenvalue weighted by atomic mass is 16.3. The standard InChI is InChI=1S/C24H30O2/c1-23(11-6-3-7-12-23)19-14-22(26)20(15-21(19)25)24(2)13-10-17-8-4-5-9-18(17)16-24/h4-5,8-9,14-15,25-26H,3,6-7,10-13,16H2,1-2H3. The van der Waals surface area contributed by atoms with Crippen LogP contribution in [0.1, 0.15) is 74.6 Å². The molecule has 2 aromatic rings. The molecule has 26 heavy (non-hydrogen) atoms. The zero-order valence-corrected chi connectivity index (χ0v) is 16.0. The fraction of sp³-hybridized carbons (Fsp3) is 0.500. The Morgan fingerprint density at radius 1 is 0.731 bits per heavy atom. The van der Waals surface area contributed by atoms with Gasteiger partial charge in [-0.15, -0.1) is 0 Å². The molecule has 4 rings (SSSR count). The van der Waals surface area contributed by atoms with Crippen molar-refractivity contribution >= 4 is 0 Å². The van der Waals surface area contributed by atoms with Crippen LogP contribution in [0.5, 0.6) is 11.5 Å². The van der Waals surface area contributed by atoms with Crippen LogP contribution in [0.2, 0.25) is 0 Å². The minimum Gasteiger partial charge on any atom is -0.508 e. The van der Waals surface area contributed by atoms with Crippen LogP contribution in [0.25, 0.3) is 0 Å². The van der Waals surface area contributed by atoms with Crippen molar-refractivity contribution in [3.05, 3.63) is 58.7 Å². The number of aryl methyl sites for hydroxylation is 1. The van der Waals surface area contributed by atoms with Gasteiger partial charge in [0.1, 0.15) is 11.5 Å². The van der Waals surface area contributed by atoms with E-state index in [1.807, 2.05) is 12.1 Å². The number of benzene rings is 2. The lowest BCUT2D eigenvalue weighted by molar-refractivity contribution is 0.304. The normalized spacial score (nSPS) is 24.8. The van der Waals surface area contributed by atoms with Gasteiger partial charge in [-0.25, -0.2) is 0 Å². The molecule has 0 spiro atoms. The quantitative estimate of drug-likeness (QED) is 0.675. The highest BCUT2D eigenvalue weighted by Gasteiger charge is 2.37. The van der Waals surface area contributed by atoms with Crippen LogP contribution in [0, 0.1) is 0 Å². The third kappa shape index (κ3) is 2.90. The molecular formula is C24H30O2. The summed E-state index contributed by atoms with van der Waals surface area (Å²) in [5.41, 5.74) is 4.45. The minimum absolute atomic E-state index is 0.0155. The Hall–Kier alpha value is -1.96. The summed E-state index contributed by atoms with van der Waals surface area (Å²) in [6, 6.07) is 12.3. The van der Waals surface area contributed by atoms with Crippen LogP contribution >= 0.6 is 0 Å². The Bertz CT molecular complexity index is 817. The van der Waals surface area contributed by atoms with Gasteiger partial charge in [0.05, 0.1) is 0 Å². The second kappa shape index (κ2) is 6.33. The molecule has 0 aromatic heterocycles. The minimum atomic E-state index is -0.137. The zero-order chi connectivity index (χ0) is 18.4. The lowest BCUT2D eigenvalue weighted by Gasteiger charge is -2.38. The fourth-order valence-electron chi connectivity index (χ4n) is 5.27. The molecule has 1 unspecified atom stereocenters. The van der Waals surface area contributed by atoms with E-state index in [2.05, 4.69) is 38.1 Å². The summed E-state index contributed by atoms with van der Waals surface area (Å²) in [7, 11) is 0. The molecule has 2 N–H and O–H groups in total. The molecule has 0 heterocycles. The molecule has 0 amide bonds. The van der Waals surface area contributed by atoms with E-state index < -0.39 is 0 Å².